The fourth-order valence-electron chi connectivity index (χ4n) is 2.52. The van der Waals surface area contributed by atoms with Gasteiger partial charge in [0.15, 0.2) is 5.96 Å². The second-order valence-electron chi connectivity index (χ2n) is 5.64. The van der Waals surface area contributed by atoms with Crippen molar-refractivity contribution in [2.24, 2.45) is 12.0 Å². The lowest BCUT2D eigenvalue weighted by Gasteiger charge is -2.22. The molecule has 2 rings (SSSR count). The van der Waals surface area contributed by atoms with Crippen molar-refractivity contribution in [3.63, 3.8) is 0 Å². The van der Waals surface area contributed by atoms with Crippen LogP contribution in [-0.2, 0) is 20.0 Å². The van der Waals surface area contributed by atoms with E-state index in [9.17, 15) is 0 Å². The summed E-state index contributed by atoms with van der Waals surface area (Å²) in [5, 5.41) is 3.43. The minimum atomic E-state index is 0.802. The van der Waals surface area contributed by atoms with E-state index in [-0.39, 0.29) is 0 Å². The molecule has 0 fully saturated rings. The Hall–Kier alpha value is -1.82. The normalized spacial score (nSPS) is 11.6. The fourth-order valence-corrected chi connectivity index (χ4v) is 3.09. The van der Waals surface area contributed by atoms with E-state index >= 15 is 0 Å². The van der Waals surface area contributed by atoms with Crippen molar-refractivity contribution in [1.29, 1.82) is 0 Å². The molecular weight excluding hydrogens is 354 g/mol. The molecule has 0 aliphatic carbocycles. The van der Waals surface area contributed by atoms with E-state index < -0.39 is 0 Å². The third-order valence-electron chi connectivity index (χ3n) is 3.86. The van der Waals surface area contributed by atoms with Crippen LogP contribution < -0.4 is 5.32 Å². The van der Waals surface area contributed by atoms with Gasteiger partial charge in [-0.2, -0.15) is 0 Å². The maximum atomic E-state index is 4.37. The van der Waals surface area contributed by atoms with Gasteiger partial charge in [0.1, 0.15) is 0 Å². The number of aryl methyl sites for hydroxylation is 2. The van der Waals surface area contributed by atoms with E-state index in [2.05, 4.69) is 73.0 Å². The van der Waals surface area contributed by atoms with Gasteiger partial charge < -0.3 is 14.8 Å². The molecular formula is C17H24BrN5. The van der Waals surface area contributed by atoms with E-state index in [0.717, 1.165) is 29.9 Å². The first-order chi connectivity index (χ1) is 11.0. The van der Waals surface area contributed by atoms with Gasteiger partial charge in [0.2, 0.25) is 0 Å². The average molecular weight is 378 g/mol. The van der Waals surface area contributed by atoms with Crippen molar-refractivity contribution >= 4 is 21.9 Å². The lowest BCUT2D eigenvalue weighted by molar-refractivity contribution is 0.462. The first-order valence-corrected chi connectivity index (χ1v) is 8.42. The van der Waals surface area contributed by atoms with Gasteiger partial charge in [-0.05, 0) is 52.5 Å². The van der Waals surface area contributed by atoms with Crippen molar-refractivity contribution in [3.8, 4) is 0 Å². The Morgan fingerprint density at radius 3 is 2.87 bits per heavy atom. The van der Waals surface area contributed by atoms with E-state index in [1.165, 1.54) is 16.8 Å². The molecule has 0 spiro atoms. The van der Waals surface area contributed by atoms with Crippen molar-refractivity contribution in [2.75, 3.05) is 20.6 Å². The molecule has 0 bridgehead atoms. The summed E-state index contributed by atoms with van der Waals surface area (Å²) in [4.78, 5) is 10.6. The Morgan fingerprint density at radius 1 is 1.48 bits per heavy atom. The highest BCUT2D eigenvalue weighted by molar-refractivity contribution is 9.10. The number of hydrogen-bond donors (Lipinski definition) is 1. The van der Waals surface area contributed by atoms with E-state index in [1.54, 1.807) is 0 Å². The van der Waals surface area contributed by atoms with Gasteiger partial charge in [-0.25, -0.2) is 0 Å². The number of hydrogen-bond acceptors (Lipinski definition) is 2. The molecule has 2 heterocycles. The molecule has 2 aromatic heterocycles. The third-order valence-corrected chi connectivity index (χ3v) is 4.29. The molecule has 0 aliphatic rings. The van der Waals surface area contributed by atoms with Gasteiger partial charge in [-0.15, -0.1) is 0 Å². The Balaban J connectivity index is 1.90. The molecule has 0 aliphatic heterocycles. The van der Waals surface area contributed by atoms with Crippen molar-refractivity contribution in [3.05, 3.63) is 52.0 Å². The van der Waals surface area contributed by atoms with Crippen LogP contribution >= 0.6 is 15.9 Å². The molecule has 2 aromatic rings. The summed E-state index contributed by atoms with van der Waals surface area (Å²) >= 11 is 3.51. The standard InChI is InChI=1S/C17H24BrN5/c1-13-10-20-7-5-14(13)6-8-21-17(19-2)23(4)12-16-9-15(18)11-22(16)3/h5,7,9-11H,6,8,12H2,1-4H3,(H,19,21). The maximum Gasteiger partial charge on any atom is 0.193 e. The van der Waals surface area contributed by atoms with E-state index in [1.807, 2.05) is 26.5 Å². The molecule has 0 saturated carbocycles. The van der Waals surface area contributed by atoms with Crippen molar-refractivity contribution in [2.45, 2.75) is 19.9 Å². The molecule has 0 aromatic carbocycles. The Kier molecular flexibility index (Phi) is 6.21. The predicted molar refractivity (Wildman–Crippen MR) is 98.6 cm³/mol. The van der Waals surface area contributed by atoms with Gasteiger partial charge in [0.25, 0.3) is 0 Å². The van der Waals surface area contributed by atoms with Crippen LogP contribution in [0.1, 0.15) is 16.8 Å². The molecule has 1 N–H and O–H groups in total. The highest BCUT2D eigenvalue weighted by atomic mass is 79.9. The predicted octanol–water partition coefficient (Wildman–Crippen LogP) is 2.74. The second kappa shape index (κ2) is 8.15. The summed E-state index contributed by atoms with van der Waals surface area (Å²) in [5.41, 5.74) is 3.77. The zero-order valence-electron chi connectivity index (χ0n) is 14.2. The minimum Gasteiger partial charge on any atom is -0.356 e. The molecule has 0 amide bonds. The SMILES string of the molecule is CN=C(NCCc1ccncc1C)N(C)Cc1cc(Br)cn1C. The van der Waals surface area contributed by atoms with Gasteiger partial charge in [0.05, 0.1) is 6.54 Å². The van der Waals surface area contributed by atoms with Crippen molar-refractivity contribution in [1.82, 2.24) is 19.8 Å². The van der Waals surface area contributed by atoms with Crippen LogP contribution in [0.25, 0.3) is 0 Å². The summed E-state index contributed by atoms with van der Waals surface area (Å²) in [6, 6.07) is 4.20. The number of halogens is 1. The molecule has 0 atom stereocenters. The summed E-state index contributed by atoms with van der Waals surface area (Å²) in [5.74, 6) is 0.897. The smallest absolute Gasteiger partial charge is 0.193 e. The number of guanidine groups is 1. The highest BCUT2D eigenvalue weighted by Gasteiger charge is 2.09. The van der Waals surface area contributed by atoms with Gasteiger partial charge >= 0.3 is 0 Å². The largest absolute Gasteiger partial charge is 0.356 e. The first kappa shape index (κ1) is 17.5. The number of aromatic nitrogens is 2. The fraction of sp³-hybridized carbons (Fsp3) is 0.412. The molecule has 5 nitrogen and oxygen atoms in total. The average Bonchev–Trinajstić information content (AvgIpc) is 2.83. The first-order valence-electron chi connectivity index (χ1n) is 7.63. The van der Waals surface area contributed by atoms with Gasteiger partial charge in [0, 0.05) is 56.4 Å². The molecule has 6 heteroatoms. The number of nitrogens with one attached hydrogen (secondary N) is 1. The van der Waals surface area contributed by atoms with Gasteiger partial charge in [-0.3, -0.25) is 9.98 Å². The topological polar surface area (TPSA) is 45.5 Å². The monoisotopic (exact) mass is 377 g/mol. The van der Waals surface area contributed by atoms with Crippen LogP contribution in [-0.4, -0.2) is 41.1 Å². The van der Waals surface area contributed by atoms with Crippen LogP contribution in [0.4, 0.5) is 0 Å². The minimum absolute atomic E-state index is 0.802. The molecule has 124 valence electrons. The Morgan fingerprint density at radius 2 is 2.26 bits per heavy atom. The Bertz CT molecular complexity index is 677. The van der Waals surface area contributed by atoms with Crippen LogP contribution in [0.3, 0.4) is 0 Å². The van der Waals surface area contributed by atoms with E-state index in [4.69, 9.17) is 0 Å². The van der Waals surface area contributed by atoms with Gasteiger partial charge in [-0.1, -0.05) is 0 Å². The second-order valence-corrected chi connectivity index (χ2v) is 6.56. The lowest BCUT2D eigenvalue weighted by atomic mass is 10.1. The Labute approximate surface area is 146 Å². The number of aliphatic imine (C=N–C) groups is 1. The zero-order chi connectivity index (χ0) is 16.8. The molecule has 0 unspecified atom stereocenters. The summed E-state index contributed by atoms with van der Waals surface area (Å²) in [7, 11) is 5.92. The number of rotatable bonds is 5. The summed E-state index contributed by atoms with van der Waals surface area (Å²) in [6.07, 6.45) is 6.77. The number of nitrogens with zero attached hydrogens (tertiary/aromatic N) is 4. The summed E-state index contributed by atoms with van der Waals surface area (Å²) < 4.78 is 3.22. The van der Waals surface area contributed by atoms with Crippen LogP contribution in [0, 0.1) is 6.92 Å². The van der Waals surface area contributed by atoms with Crippen LogP contribution in [0.5, 0.6) is 0 Å². The summed E-state index contributed by atoms with van der Waals surface area (Å²) in [6.45, 7) is 3.74. The van der Waals surface area contributed by atoms with Crippen molar-refractivity contribution < 1.29 is 0 Å². The highest BCUT2D eigenvalue weighted by Crippen LogP contribution is 2.15. The molecule has 0 saturated heterocycles. The third kappa shape index (κ3) is 4.82. The zero-order valence-corrected chi connectivity index (χ0v) is 15.8. The van der Waals surface area contributed by atoms with E-state index in [0.29, 0.717) is 0 Å². The molecule has 23 heavy (non-hydrogen) atoms. The van der Waals surface area contributed by atoms with Crippen LogP contribution in [0.15, 0.2) is 40.2 Å². The lowest BCUT2D eigenvalue weighted by Crippen LogP contribution is -2.39. The van der Waals surface area contributed by atoms with Crippen LogP contribution in [0.2, 0.25) is 0 Å². The quantitative estimate of drug-likeness (QED) is 0.643. The molecule has 0 radical (unpaired) electrons. The maximum absolute atomic E-state index is 4.37. The number of pyridine rings is 1.